The van der Waals surface area contributed by atoms with Gasteiger partial charge in [-0.25, -0.2) is 9.59 Å². The smallest absolute Gasteiger partial charge is 0.347 e. The minimum Gasteiger partial charge on any atom is -0.504 e. The van der Waals surface area contributed by atoms with E-state index < -0.39 is 18.0 Å². The number of rotatable bonds is 9. The van der Waals surface area contributed by atoms with Crippen molar-refractivity contribution in [2.75, 3.05) is 6.61 Å². The lowest BCUT2D eigenvalue weighted by Gasteiger charge is -2.16. The van der Waals surface area contributed by atoms with Crippen LogP contribution in [0.2, 0.25) is 0 Å². The average Bonchev–Trinajstić information content (AvgIpc) is 2.71. The second kappa shape index (κ2) is 10.8. The number of carbonyl (C=O) groups is 2. The molecule has 8 heteroatoms. The molecule has 30 heavy (non-hydrogen) atoms. The molecule has 0 amide bonds. The fourth-order valence-electron chi connectivity index (χ4n) is 2.48. The van der Waals surface area contributed by atoms with E-state index in [1.807, 2.05) is 6.92 Å². The van der Waals surface area contributed by atoms with Gasteiger partial charge in [0.1, 0.15) is 0 Å². The standard InChI is InChI=1S/C22H24O8/c1-2-3-10-29-22(28)20(13-15-5-8-17(24)19(26)12-15)30-21(27)9-6-14-4-7-16(23)18(25)11-14/h4-9,11-12,20,23-26H,2-3,10,13H2,1H3/t20-/m1/s1. The monoisotopic (exact) mass is 416 g/mol. The third-order valence-electron chi connectivity index (χ3n) is 4.14. The van der Waals surface area contributed by atoms with Gasteiger partial charge in [0.05, 0.1) is 6.61 Å². The first-order valence-electron chi connectivity index (χ1n) is 9.38. The van der Waals surface area contributed by atoms with E-state index in [0.29, 0.717) is 17.5 Å². The molecule has 0 spiro atoms. The summed E-state index contributed by atoms with van der Waals surface area (Å²) in [7, 11) is 0. The zero-order chi connectivity index (χ0) is 22.1. The number of hydrogen-bond acceptors (Lipinski definition) is 8. The van der Waals surface area contributed by atoms with E-state index in [4.69, 9.17) is 9.47 Å². The second-order valence-electron chi connectivity index (χ2n) is 6.56. The molecule has 8 nitrogen and oxygen atoms in total. The lowest BCUT2D eigenvalue weighted by atomic mass is 10.1. The Hall–Kier alpha value is -3.68. The Bertz CT molecular complexity index is 919. The molecular formula is C22H24O8. The summed E-state index contributed by atoms with van der Waals surface area (Å²) in [4.78, 5) is 24.6. The van der Waals surface area contributed by atoms with E-state index in [9.17, 15) is 30.0 Å². The minimum absolute atomic E-state index is 0.0572. The quantitative estimate of drug-likeness (QED) is 0.212. The zero-order valence-electron chi connectivity index (χ0n) is 16.4. The highest BCUT2D eigenvalue weighted by atomic mass is 16.6. The van der Waals surface area contributed by atoms with E-state index in [1.54, 1.807) is 0 Å². The predicted molar refractivity (Wildman–Crippen MR) is 108 cm³/mol. The van der Waals surface area contributed by atoms with Crippen molar-refractivity contribution >= 4 is 18.0 Å². The van der Waals surface area contributed by atoms with Crippen molar-refractivity contribution in [1.29, 1.82) is 0 Å². The molecule has 0 aliphatic carbocycles. The normalized spacial score (nSPS) is 11.9. The number of unbranched alkanes of at least 4 members (excludes halogenated alkanes) is 1. The lowest BCUT2D eigenvalue weighted by molar-refractivity contribution is -0.165. The van der Waals surface area contributed by atoms with E-state index in [2.05, 4.69) is 0 Å². The minimum atomic E-state index is -1.25. The van der Waals surface area contributed by atoms with Gasteiger partial charge in [0.2, 0.25) is 6.10 Å². The van der Waals surface area contributed by atoms with Crippen LogP contribution < -0.4 is 0 Å². The molecule has 0 radical (unpaired) electrons. The van der Waals surface area contributed by atoms with Crippen LogP contribution in [0, 0.1) is 0 Å². The van der Waals surface area contributed by atoms with Crippen molar-refractivity contribution in [3.63, 3.8) is 0 Å². The summed E-state index contributed by atoms with van der Waals surface area (Å²) in [6.07, 6.45) is 2.61. The highest BCUT2D eigenvalue weighted by Crippen LogP contribution is 2.26. The Kier molecular flexibility index (Phi) is 8.10. The van der Waals surface area contributed by atoms with Crippen LogP contribution in [-0.2, 0) is 25.5 Å². The highest BCUT2D eigenvalue weighted by molar-refractivity contribution is 5.89. The van der Waals surface area contributed by atoms with Gasteiger partial charge in [-0.15, -0.1) is 0 Å². The number of carbonyl (C=O) groups excluding carboxylic acids is 2. The first-order chi connectivity index (χ1) is 14.3. The molecule has 0 aromatic heterocycles. The van der Waals surface area contributed by atoms with Crippen LogP contribution in [0.4, 0.5) is 0 Å². The largest absolute Gasteiger partial charge is 0.504 e. The van der Waals surface area contributed by atoms with Crippen molar-refractivity contribution in [1.82, 2.24) is 0 Å². The predicted octanol–water partition coefficient (Wildman–Crippen LogP) is 3.02. The van der Waals surface area contributed by atoms with Gasteiger partial charge in [-0.2, -0.15) is 0 Å². The van der Waals surface area contributed by atoms with Crippen LogP contribution in [-0.4, -0.2) is 45.1 Å². The van der Waals surface area contributed by atoms with Gasteiger partial charge < -0.3 is 29.9 Å². The molecule has 2 rings (SSSR count). The van der Waals surface area contributed by atoms with Crippen molar-refractivity contribution in [2.24, 2.45) is 0 Å². The molecule has 0 bridgehead atoms. The molecule has 0 heterocycles. The summed E-state index contributed by atoms with van der Waals surface area (Å²) in [5, 5.41) is 37.9. The van der Waals surface area contributed by atoms with Gasteiger partial charge in [0, 0.05) is 12.5 Å². The van der Waals surface area contributed by atoms with Gasteiger partial charge in [-0.05, 0) is 47.9 Å². The van der Waals surface area contributed by atoms with Gasteiger partial charge in [-0.3, -0.25) is 0 Å². The number of phenols is 4. The maximum absolute atomic E-state index is 12.4. The van der Waals surface area contributed by atoms with Crippen LogP contribution in [0.25, 0.3) is 6.08 Å². The molecule has 2 aromatic rings. The number of benzene rings is 2. The summed E-state index contributed by atoms with van der Waals surface area (Å²) >= 11 is 0. The van der Waals surface area contributed by atoms with Crippen molar-refractivity contribution < 1.29 is 39.5 Å². The van der Waals surface area contributed by atoms with Crippen molar-refractivity contribution in [3.05, 3.63) is 53.6 Å². The SMILES string of the molecule is CCCCOC(=O)[C@@H](Cc1ccc(O)c(O)c1)OC(=O)C=Cc1ccc(O)c(O)c1. The van der Waals surface area contributed by atoms with Crippen LogP contribution in [0.15, 0.2) is 42.5 Å². The van der Waals surface area contributed by atoms with E-state index >= 15 is 0 Å². The maximum Gasteiger partial charge on any atom is 0.347 e. The molecule has 2 aromatic carbocycles. The Morgan fingerprint density at radius 2 is 1.63 bits per heavy atom. The molecular weight excluding hydrogens is 392 g/mol. The highest BCUT2D eigenvalue weighted by Gasteiger charge is 2.24. The topological polar surface area (TPSA) is 134 Å². The summed E-state index contributed by atoms with van der Waals surface area (Å²) in [6.45, 7) is 2.13. The molecule has 0 saturated carbocycles. The van der Waals surface area contributed by atoms with Crippen LogP contribution >= 0.6 is 0 Å². The van der Waals surface area contributed by atoms with Crippen LogP contribution in [0.1, 0.15) is 30.9 Å². The Morgan fingerprint density at radius 3 is 2.27 bits per heavy atom. The van der Waals surface area contributed by atoms with Gasteiger partial charge >= 0.3 is 11.9 Å². The third-order valence-corrected chi connectivity index (χ3v) is 4.14. The maximum atomic E-state index is 12.4. The summed E-state index contributed by atoms with van der Waals surface area (Å²) in [5.74, 6) is -2.83. The Morgan fingerprint density at radius 1 is 0.967 bits per heavy atom. The molecule has 160 valence electrons. The first-order valence-corrected chi connectivity index (χ1v) is 9.38. The number of aromatic hydroxyl groups is 4. The van der Waals surface area contributed by atoms with Crippen LogP contribution in [0.5, 0.6) is 23.0 Å². The van der Waals surface area contributed by atoms with Crippen molar-refractivity contribution in [3.8, 4) is 23.0 Å². The number of esters is 2. The fraction of sp³-hybridized carbons (Fsp3) is 0.273. The molecule has 0 aliphatic heterocycles. The summed E-state index contributed by atoms with van der Waals surface area (Å²) in [5.41, 5.74) is 0.899. The van der Waals surface area contributed by atoms with Crippen LogP contribution in [0.3, 0.4) is 0 Å². The Balaban J connectivity index is 2.10. The number of phenolic OH excluding ortho intramolecular Hbond substituents is 4. The zero-order valence-corrected chi connectivity index (χ0v) is 16.4. The summed E-state index contributed by atoms with van der Waals surface area (Å²) in [6, 6.07) is 8.03. The molecule has 1 atom stereocenters. The third kappa shape index (κ3) is 6.73. The number of ether oxygens (including phenoxy) is 2. The van der Waals surface area contributed by atoms with Crippen molar-refractivity contribution in [2.45, 2.75) is 32.3 Å². The second-order valence-corrected chi connectivity index (χ2v) is 6.56. The lowest BCUT2D eigenvalue weighted by Crippen LogP contribution is -2.31. The molecule has 0 unspecified atom stereocenters. The average molecular weight is 416 g/mol. The number of hydrogen-bond donors (Lipinski definition) is 4. The van der Waals surface area contributed by atoms with Gasteiger partial charge in [-0.1, -0.05) is 25.5 Å². The van der Waals surface area contributed by atoms with E-state index in [-0.39, 0.29) is 36.0 Å². The molecule has 0 aliphatic rings. The molecule has 0 saturated heterocycles. The van der Waals surface area contributed by atoms with Gasteiger partial charge in [0.15, 0.2) is 23.0 Å². The molecule has 0 fully saturated rings. The van der Waals surface area contributed by atoms with E-state index in [1.165, 1.54) is 42.5 Å². The molecule has 4 N–H and O–H groups in total. The van der Waals surface area contributed by atoms with Gasteiger partial charge in [0.25, 0.3) is 0 Å². The Labute approximate surface area is 173 Å². The summed E-state index contributed by atoms with van der Waals surface area (Å²) < 4.78 is 10.4. The van der Waals surface area contributed by atoms with E-state index in [0.717, 1.165) is 12.5 Å². The first kappa shape index (κ1) is 22.6. The fourth-order valence-corrected chi connectivity index (χ4v) is 2.48.